The Morgan fingerprint density at radius 1 is 1.12 bits per heavy atom. The second-order valence-electron chi connectivity index (χ2n) is 10.5. The zero-order valence-electron chi connectivity index (χ0n) is 22.9. The molecule has 7 nitrogen and oxygen atoms in total. The van der Waals surface area contributed by atoms with Crippen molar-refractivity contribution in [3.63, 3.8) is 0 Å². The predicted octanol–water partition coefficient (Wildman–Crippen LogP) is 7.60. The number of carbonyl (C=O) groups excluding carboxylic acids is 1. The number of aromatic nitrogens is 3. The molecule has 0 unspecified atom stereocenters. The minimum atomic E-state index is -0.635. The molecule has 0 bridgehead atoms. The molecule has 1 aliphatic heterocycles. The molecule has 40 heavy (non-hydrogen) atoms. The molecule has 4 aromatic rings. The third-order valence-corrected chi connectivity index (χ3v) is 7.19. The predicted molar refractivity (Wildman–Crippen MR) is 154 cm³/mol. The average Bonchev–Trinajstić information content (AvgIpc) is 3.30. The van der Waals surface area contributed by atoms with Crippen LogP contribution >= 0.6 is 23.2 Å². The third kappa shape index (κ3) is 5.02. The summed E-state index contributed by atoms with van der Waals surface area (Å²) in [5.74, 6) is 0.0803. The van der Waals surface area contributed by atoms with Crippen molar-refractivity contribution < 1.29 is 18.7 Å². The van der Waals surface area contributed by atoms with Crippen LogP contribution in [0.25, 0.3) is 28.1 Å². The number of amides is 1. The minimum Gasteiger partial charge on any atom is -0.496 e. The van der Waals surface area contributed by atoms with Crippen molar-refractivity contribution >= 4 is 29.1 Å². The van der Waals surface area contributed by atoms with Crippen molar-refractivity contribution in [1.82, 2.24) is 19.7 Å². The molecule has 0 fully saturated rings. The molecule has 0 saturated carbocycles. The molecule has 0 N–H and O–H groups in total. The molecule has 2 aromatic heterocycles. The Bertz CT molecular complexity index is 1590. The van der Waals surface area contributed by atoms with E-state index in [0.717, 1.165) is 6.42 Å². The maximum atomic E-state index is 14.8. The summed E-state index contributed by atoms with van der Waals surface area (Å²) in [6.45, 7) is 8.67. The van der Waals surface area contributed by atoms with Crippen LogP contribution in [0.1, 0.15) is 50.2 Å². The van der Waals surface area contributed by atoms with Gasteiger partial charge < -0.3 is 14.4 Å². The summed E-state index contributed by atoms with van der Waals surface area (Å²) in [6, 6.07) is 11.9. The summed E-state index contributed by atoms with van der Waals surface area (Å²) in [4.78, 5) is 19.7. The molecular weight excluding hydrogens is 554 g/mol. The summed E-state index contributed by atoms with van der Waals surface area (Å²) in [7, 11) is 1.51. The normalized spacial score (nSPS) is 12.4. The SMILES string of the molecule is CCCN(C(=O)c1nn(-c2cc(Cl)cc(Cl)c2)c2c1COc1cc(OC)c(-c3cccnc3F)cc1-2)C(C)(C)C. The smallest absolute Gasteiger partial charge is 0.275 e. The van der Waals surface area contributed by atoms with Crippen LogP contribution in [-0.4, -0.2) is 44.8 Å². The standard InChI is InChI=1S/C30H29Cl2FN4O3/c1-6-10-36(30(2,3)4)29(38)26-23-16-40-25-15-24(39-5)21(20-8-7-9-34-28(20)33)14-22(25)27(23)37(35-26)19-12-17(31)11-18(32)13-19/h7-9,11-15H,6,10,16H2,1-5H3. The first-order valence-electron chi connectivity index (χ1n) is 12.9. The van der Waals surface area contributed by atoms with Gasteiger partial charge in [-0.2, -0.15) is 9.49 Å². The maximum Gasteiger partial charge on any atom is 0.275 e. The van der Waals surface area contributed by atoms with Crippen LogP contribution in [0.2, 0.25) is 10.0 Å². The highest BCUT2D eigenvalue weighted by Gasteiger charge is 2.36. The Morgan fingerprint density at radius 3 is 2.48 bits per heavy atom. The summed E-state index contributed by atoms with van der Waals surface area (Å²) in [5.41, 5.74) is 3.01. The van der Waals surface area contributed by atoms with Gasteiger partial charge in [0.1, 0.15) is 18.1 Å². The van der Waals surface area contributed by atoms with Crippen LogP contribution < -0.4 is 9.47 Å². The lowest BCUT2D eigenvalue weighted by Gasteiger charge is -2.35. The minimum absolute atomic E-state index is 0.103. The van der Waals surface area contributed by atoms with Gasteiger partial charge in [0.15, 0.2) is 5.69 Å². The lowest BCUT2D eigenvalue weighted by Crippen LogP contribution is -2.46. The number of carbonyl (C=O) groups is 1. The van der Waals surface area contributed by atoms with Crippen LogP contribution in [0.5, 0.6) is 11.5 Å². The number of methoxy groups -OCH3 is 1. The van der Waals surface area contributed by atoms with Gasteiger partial charge in [-0.05, 0) is 63.6 Å². The summed E-state index contributed by atoms with van der Waals surface area (Å²) in [5, 5.41) is 5.67. The van der Waals surface area contributed by atoms with Gasteiger partial charge in [-0.25, -0.2) is 9.67 Å². The van der Waals surface area contributed by atoms with Crippen LogP contribution in [0.4, 0.5) is 4.39 Å². The zero-order valence-corrected chi connectivity index (χ0v) is 24.4. The van der Waals surface area contributed by atoms with Crippen molar-refractivity contribution in [3.05, 3.63) is 75.9 Å². The van der Waals surface area contributed by atoms with Crippen molar-refractivity contribution in [3.8, 4) is 39.6 Å². The van der Waals surface area contributed by atoms with Gasteiger partial charge in [0.2, 0.25) is 5.95 Å². The highest BCUT2D eigenvalue weighted by atomic mass is 35.5. The first-order valence-corrected chi connectivity index (χ1v) is 13.7. The van der Waals surface area contributed by atoms with Crippen molar-refractivity contribution in [2.75, 3.05) is 13.7 Å². The Labute approximate surface area is 242 Å². The number of pyridine rings is 1. The number of benzene rings is 2. The first kappa shape index (κ1) is 27.9. The Morgan fingerprint density at radius 2 is 1.85 bits per heavy atom. The van der Waals surface area contributed by atoms with E-state index < -0.39 is 11.5 Å². The van der Waals surface area contributed by atoms with Gasteiger partial charge in [0.05, 0.1) is 18.5 Å². The van der Waals surface area contributed by atoms with E-state index in [0.29, 0.717) is 56.2 Å². The van der Waals surface area contributed by atoms with Crippen molar-refractivity contribution in [1.29, 1.82) is 0 Å². The third-order valence-electron chi connectivity index (χ3n) is 6.76. The largest absolute Gasteiger partial charge is 0.496 e. The molecular formula is C30H29Cl2FN4O3. The van der Waals surface area contributed by atoms with E-state index in [1.54, 1.807) is 47.1 Å². The Hall–Kier alpha value is -3.62. The van der Waals surface area contributed by atoms with Gasteiger partial charge in [-0.3, -0.25) is 4.79 Å². The van der Waals surface area contributed by atoms with Crippen LogP contribution in [0, 0.1) is 5.95 Å². The molecule has 2 aromatic carbocycles. The summed E-state index contributed by atoms with van der Waals surface area (Å²) in [6.07, 6.45) is 2.17. The molecule has 0 atom stereocenters. The van der Waals surface area contributed by atoms with Gasteiger partial charge in [0, 0.05) is 56.6 Å². The number of hydrogen-bond acceptors (Lipinski definition) is 5. The number of hydrogen-bond donors (Lipinski definition) is 0. The fourth-order valence-corrected chi connectivity index (χ4v) is 5.47. The Kier molecular flexibility index (Phi) is 7.50. The molecule has 3 heterocycles. The molecule has 1 amide bonds. The molecule has 0 aliphatic carbocycles. The van der Waals surface area contributed by atoms with E-state index >= 15 is 0 Å². The van der Waals surface area contributed by atoms with E-state index in [9.17, 15) is 9.18 Å². The van der Waals surface area contributed by atoms with E-state index in [4.69, 9.17) is 37.8 Å². The highest BCUT2D eigenvalue weighted by Crippen LogP contribution is 2.46. The molecule has 1 aliphatic rings. The quantitative estimate of drug-likeness (QED) is 0.219. The number of nitrogens with zero attached hydrogens (tertiary/aromatic N) is 4. The van der Waals surface area contributed by atoms with E-state index in [2.05, 4.69) is 4.98 Å². The van der Waals surface area contributed by atoms with E-state index in [1.165, 1.54) is 13.3 Å². The molecule has 0 radical (unpaired) electrons. The van der Waals surface area contributed by atoms with Crippen molar-refractivity contribution in [2.24, 2.45) is 0 Å². The van der Waals surface area contributed by atoms with E-state index in [1.807, 2.05) is 32.6 Å². The molecule has 208 valence electrons. The zero-order chi connectivity index (χ0) is 28.8. The summed E-state index contributed by atoms with van der Waals surface area (Å²) < 4.78 is 28.3. The number of rotatable bonds is 6. The van der Waals surface area contributed by atoms with Crippen LogP contribution in [-0.2, 0) is 6.61 Å². The van der Waals surface area contributed by atoms with Crippen LogP contribution in [0.15, 0.2) is 48.7 Å². The summed E-state index contributed by atoms with van der Waals surface area (Å²) >= 11 is 12.8. The number of fused-ring (bicyclic) bond motifs is 3. The molecule has 10 heteroatoms. The van der Waals surface area contributed by atoms with Crippen LogP contribution in [0.3, 0.4) is 0 Å². The van der Waals surface area contributed by atoms with E-state index in [-0.39, 0.29) is 23.8 Å². The lowest BCUT2D eigenvalue weighted by atomic mass is 9.96. The second kappa shape index (κ2) is 10.7. The van der Waals surface area contributed by atoms with Gasteiger partial charge in [-0.1, -0.05) is 30.1 Å². The second-order valence-corrected chi connectivity index (χ2v) is 11.4. The average molecular weight is 583 g/mol. The van der Waals surface area contributed by atoms with Gasteiger partial charge in [0.25, 0.3) is 5.91 Å². The molecule has 0 saturated heterocycles. The maximum absolute atomic E-state index is 14.8. The molecule has 5 rings (SSSR count). The highest BCUT2D eigenvalue weighted by molar-refractivity contribution is 6.34. The molecule has 0 spiro atoms. The van der Waals surface area contributed by atoms with Gasteiger partial charge >= 0.3 is 0 Å². The monoisotopic (exact) mass is 582 g/mol. The Balaban J connectivity index is 1.80. The first-order chi connectivity index (χ1) is 19.0. The lowest BCUT2D eigenvalue weighted by molar-refractivity contribution is 0.0573. The number of halogens is 3. The topological polar surface area (TPSA) is 69.5 Å². The fraction of sp³-hybridized carbons (Fsp3) is 0.300. The number of ether oxygens (including phenoxy) is 2. The van der Waals surface area contributed by atoms with Crippen molar-refractivity contribution in [2.45, 2.75) is 46.3 Å². The fourth-order valence-electron chi connectivity index (χ4n) is 4.96. The van der Waals surface area contributed by atoms with Gasteiger partial charge in [-0.15, -0.1) is 0 Å².